The Morgan fingerprint density at radius 2 is 2.29 bits per heavy atom. The molecule has 0 saturated carbocycles. The lowest BCUT2D eigenvalue weighted by molar-refractivity contribution is 0.154. The molecule has 1 atom stereocenters. The number of nitrogens with two attached hydrogens (primary N) is 1. The monoisotopic (exact) mass is 200 g/mol. The van der Waals surface area contributed by atoms with Gasteiger partial charge in [-0.2, -0.15) is 0 Å². The van der Waals surface area contributed by atoms with E-state index in [9.17, 15) is 4.39 Å². The minimum absolute atomic E-state index is 0.0272. The van der Waals surface area contributed by atoms with Crippen LogP contribution in [0.3, 0.4) is 0 Å². The van der Waals surface area contributed by atoms with Gasteiger partial charge in [-0.3, -0.25) is 0 Å². The maximum absolute atomic E-state index is 14.2. The Morgan fingerprint density at radius 1 is 1.57 bits per heavy atom. The molecule has 1 rings (SSSR count). The number of rotatable bonds is 5. The van der Waals surface area contributed by atoms with Gasteiger partial charge in [-0.1, -0.05) is 19.1 Å². The van der Waals surface area contributed by atoms with E-state index in [1.54, 1.807) is 11.6 Å². The fourth-order valence-electron chi connectivity index (χ4n) is 1.41. The van der Waals surface area contributed by atoms with E-state index in [1.165, 1.54) is 6.20 Å². The molecule has 0 aliphatic rings. The largest absolute Gasteiger partial charge is 0.327 e. The maximum atomic E-state index is 14.2. The summed E-state index contributed by atoms with van der Waals surface area (Å²) in [5.41, 5.74) is 4.43. The topological polar surface area (TPSA) is 56.7 Å². The van der Waals surface area contributed by atoms with Crippen molar-refractivity contribution in [3.05, 3.63) is 11.9 Å². The van der Waals surface area contributed by atoms with Crippen LogP contribution in [0.4, 0.5) is 4.39 Å². The molecule has 14 heavy (non-hydrogen) atoms. The van der Waals surface area contributed by atoms with Crippen LogP contribution in [0.15, 0.2) is 6.20 Å². The van der Waals surface area contributed by atoms with Crippen LogP contribution in [0.25, 0.3) is 0 Å². The van der Waals surface area contributed by atoms with Crippen molar-refractivity contribution in [2.45, 2.75) is 38.9 Å². The summed E-state index contributed by atoms with van der Waals surface area (Å²) >= 11 is 0. The average Bonchev–Trinajstić information content (AvgIpc) is 2.66. The van der Waals surface area contributed by atoms with Crippen molar-refractivity contribution in [1.82, 2.24) is 15.0 Å². The highest BCUT2D eigenvalue weighted by atomic mass is 19.1. The molecule has 0 fully saturated rings. The summed E-state index contributed by atoms with van der Waals surface area (Å²) in [6, 6.07) is 0. The summed E-state index contributed by atoms with van der Waals surface area (Å²) in [4.78, 5) is 0. The number of nitrogens with zero attached hydrogens (tertiary/aromatic N) is 3. The molecule has 1 unspecified atom stereocenters. The second-order valence-electron chi connectivity index (χ2n) is 3.37. The lowest BCUT2D eigenvalue weighted by Crippen LogP contribution is -2.32. The average molecular weight is 200 g/mol. The molecule has 0 aliphatic carbocycles. The van der Waals surface area contributed by atoms with Crippen molar-refractivity contribution < 1.29 is 4.39 Å². The lowest BCUT2D eigenvalue weighted by atomic mass is 9.99. The van der Waals surface area contributed by atoms with Gasteiger partial charge in [-0.25, -0.2) is 9.07 Å². The van der Waals surface area contributed by atoms with E-state index in [4.69, 9.17) is 5.73 Å². The van der Waals surface area contributed by atoms with Gasteiger partial charge in [0.2, 0.25) is 0 Å². The highest BCUT2D eigenvalue weighted by molar-refractivity contribution is 5.08. The van der Waals surface area contributed by atoms with Crippen LogP contribution in [0.1, 0.15) is 32.4 Å². The van der Waals surface area contributed by atoms with Crippen molar-refractivity contribution in [2.24, 2.45) is 5.73 Å². The quantitative estimate of drug-likeness (QED) is 0.777. The molecule has 80 valence electrons. The van der Waals surface area contributed by atoms with E-state index in [2.05, 4.69) is 10.3 Å². The van der Waals surface area contributed by atoms with E-state index in [0.717, 1.165) is 6.42 Å². The van der Waals surface area contributed by atoms with Gasteiger partial charge in [0.05, 0.1) is 11.9 Å². The Kier molecular flexibility index (Phi) is 3.57. The molecule has 0 saturated heterocycles. The molecule has 0 aromatic carbocycles. The SMILES string of the molecule is CCCn1nncc1C(F)(CC)CN. The first kappa shape index (κ1) is 11.1. The Labute approximate surface area is 83.3 Å². The minimum Gasteiger partial charge on any atom is -0.327 e. The van der Waals surface area contributed by atoms with Gasteiger partial charge in [0.1, 0.15) is 0 Å². The summed E-state index contributed by atoms with van der Waals surface area (Å²) in [7, 11) is 0. The lowest BCUT2D eigenvalue weighted by Gasteiger charge is -2.21. The summed E-state index contributed by atoms with van der Waals surface area (Å²) in [6.07, 6.45) is 2.72. The zero-order chi connectivity index (χ0) is 10.6. The van der Waals surface area contributed by atoms with E-state index in [0.29, 0.717) is 18.7 Å². The van der Waals surface area contributed by atoms with Gasteiger partial charge < -0.3 is 5.73 Å². The maximum Gasteiger partial charge on any atom is 0.165 e. The predicted molar refractivity (Wildman–Crippen MR) is 52.4 cm³/mol. The Morgan fingerprint density at radius 3 is 2.79 bits per heavy atom. The van der Waals surface area contributed by atoms with Gasteiger partial charge in [0.15, 0.2) is 5.67 Å². The first-order chi connectivity index (χ1) is 6.68. The molecular weight excluding hydrogens is 183 g/mol. The van der Waals surface area contributed by atoms with E-state index in [1.807, 2.05) is 6.92 Å². The normalized spacial score (nSPS) is 15.4. The Hall–Kier alpha value is -0.970. The molecule has 1 aromatic rings. The van der Waals surface area contributed by atoms with Gasteiger partial charge >= 0.3 is 0 Å². The smallest absolute Gasteiger partial charge is 0.165 e. The van der Waals surface area contributed by atoms with Crippen LogP contribution in [0, 0.1) is 0 Å². The minimum atomic E-state index is -1.49. The van der Waals surface area contributed by atoms with Crippen molar-refractivity contribution in [3.63, 3.8) is 0 Å². The predicted octanol–water partition coefficient (Wildman–Crippen LogP) is 1.22. The fourth-order valence-corrected chi connectivity index (χ4v) is 1.41. The zero-order valence-electron chi connectivity index (χ0n) is 8.70. The number of alkyl halides is 1. The van der Waals surface area contributed by atoms with Crippen LogP contribution in [0.5, 0.6) is 0 Å². The van der Waals surface area contributed by atoms with Crippen molar-refractivity contribution in [1.29, 1.82) is 0 Å². The summed E-state index contributed by atoms with van der Waals surface area (Å²) in [5, 5.41) is 7.56. The number of hydrogen-bond acceptors (Lipinski definition) is 3. The highest BCUT2D eigenvalue weighted by Gasteiger charge is 2.32. The van der Waals surface area contributed by atoms with E-state index >= 15 is 0 Å². The first-order valence-electron chi connectivity index (χ1n) is 4.96. The Bertz CT molecular complexity index is 280. The molecule has 0 spiro atoms. The van der Waals surface area contributed by atoms with Crippen LogP contribution >= 0.6 is 0 Å². The Balaban J connectivity index is 2.97. The van der Waals surface area contributed by atoms with Crippen LogP contribution in [-0.2, 0) is 12.2 Å². The van der Waals surface area contributed by atoms with Gasteiger partial charge in [-0.15, -0.1) is 5.10 Å². The molecule has 0 radical (unpaired) electrons. The third-order valence-electron chi connectivity index (χ3n) is 2.40. The molecular formula is C9H17FN4. The molecule has 1 heterocycles. The number of aryl methyl sites for hydroxylation is 1. The van der Waals surface area contributed by atoms with Crippen molar-refractivity contribution >= 4 is 0 Å². The summed E-state index contributed by atoms with van der Waals surface area (Å²) < 4.78 is 15.8. The molecule has 5 heteroatoms. The zero-order valence-corrected chi connectivity index (χ0v) is 8.70. The van der Waals surface area contributed by atoms with E-state index in [-0.39, 0.29) is 6.54 Å². The molecule has 2 N–H and O–H groups in total. The first-order valence-corrected chi connectivity index (χ1v) is 4.96. The van der Waals surface area contributed by atoms with Crippen LogP contribution < -0.4 is 5.73 Å². The van der Waals surface area contributed by atoms with Crippen LogP contribution in [-0.4, -0.2) is 21.5 Å². The number of hydrogen-bond donors (Lipinski definition) is 1. The highest BCUT2D eigenvalue weighted by Crippen LogP contribution is 2.27. The van der Waals surface area contributed by atoms with Gasteiger partial charge in [-0.05, 0) is 12.8 Å². The van der Waals surface area contributed by atoms with Crippen molar-refractivity contribution in [2.75, 3.05) is 6.54 Å². The molecule has 0 aliphatic heterocycles. The summed E-state index contributed by atoms with van der Waals surface area (Å²) in [6.45, 7) is 4.44. The van der Waals surface area contributed by atoms with Crippen LogP contribution in [0.2, 0.25) is 0 Å². The summed E-state index contributed by atoms with van der Waals surface area (Å²) in [5.74, 6) is 0. The molecule has 0 amide bonds. The number of aromatic nitrogens is 3. The van der Waals surface area contributed by atoms with Gasteiger partial charge in [0.25, 0.3) is 0 Å². The third-order valence-corrected chi connectivity index (χ3v) is 2.40. The second kappa shape index (κ2) is 4.50. The van der Waals surface area contributed by atoms with E-state index < -0.39 is 5.67 Å². The second-order valence-corrected chi connectivity index (χ2v) is 3.37. The third kappa shape index (κ3) is 1.92. The fraction of sp³-hybridized carbons (Fsp3) is 0.778. The molecule has 1 aromatic heterocycles. The van der Waals surface area contributed by atoms with Gasteiger partial charge in [0, 0.05) is 13.1 Å². The molecule has 4 nitrogen and oxygen atoms in total. The molecule has 0 bridgehead atoms. The number of halogens is 1. The van der Waals surface area contributed by atoms with Crippen molar-refractivity contribution in [3.8, 4) is 0 Å². The standard InChI is InChI=1S/C9H17FN4/c1-3-5-14-8(6-12-13-14)9(10,4-2)7-11/h6H,3-5,7,11H2,1-2H3.